The first-order valence-electron chi connectivity index (χ1n) is 5.81. The van der Waals surface area contributed by atoms with Gasteiger partial charge >= 0.3 is 6.18 Å². The van der Waals surface area contributed by atoms with Crippen LogP contribution < -0.4 is 11.1 Å². The molecule has 1 amide bonds. The summed E-state index contributed by atoms with van der Waals surface area (Å²) in [5, 5.41) is 2.40. The zero-order valence-electron chi connectivity index (χ0n) is 10.5. The number of carbonyl (C=O) groups excluding carboxylic acids is 1. The second kappa shape index (κ2) is 5.43. The topological polar surface area (TPSA) is 55.1 Å². The molecule has 2 aromatic carbocycles. The SMILES string of the molecule is Nc1ccc(NC(=O)c2ccc(F)c(C(F)(F)F)c2)cc1. The lowest BCUT2D eigenvalue weighted by Crippen LogP contribution is -2.15. The first-order chi connectivity index (χ1) is 9.77. The van der Waals surface area contributed by atoms with E-state index in [4.69, 9.17) is 5.73 Å². The Hall–Kier alpha value is -2.57. The van der Waals surface area contributed by atoms with E-state index in [1.807, 2.05) is 0 Å². The number of rotatable bonds is 2. The highest BCUT2D eigenvalue weighted by atomic mass is 19.4. The number of benzene rings is 2. The lowest BCUT2D eigenvalue weighted by Gasteiger charge is -2.10. The Morgan fingerprint density at radius 2 is 1.67 bits per heavy atom. The van der Waals surface area contributed by atoms with Crippen LogP contribution in [0.15, 0.2) is 42.5 Å². The third-order valence-corrected chi connectivity index (χ3v) is 2.70. The van der Waals surface area contributed by atoms with E-state index in [9.17, 15) is 22.4 Å². The molecule has 0 unspecified atom stereocenters. The Morgan fingerprint density at radius 3 is 2.24 bits per heavy atom. The Bertz CT molecular complexity index is 666. The fraction of sp³-hybridized carbons (Fsp3) is 0.0714. The molecule has 0 aliphatic carbocycles. The molecule has 110 valence electrons. The molecular formula is C14H10F4N2O. The van der Waals surface area contributed by atoms with Gasteiger partial charge < -0.3 is 11.1 Å². The summed E-state index contributed by atoms with van der Waals surface area (Å²) in [5.74, 6) is -2.20. The van der Waals surface area contributed by atoms with Crippen LogP contribution in [0.5, 0.6) is 0 Å². The number of hydrogen-bond donors (Lipinski definition) is 2. The summed E-state index contributed by atoms with van der Waals surface area (Å²) in [6, 6.07) is 8.13. The number of anilines is 2. The second-order valence-electron chi connectivity index (χ2n) is 4.27. The zero-order valence-corrected chi connectivity index (χ0v) is 10.5. The van der Waals surface area contributed by atoms with Gasteiger partial charge in [0.25, 0.3) is 5.91 Å². The minimum absolute atomic E-state index is 0.291. The largest absolute Gasteiger partial charge is 0.419 e. The number of carbonyl (C=O) groups is 1. The van der Waals surface area contributed by atoms with Crippen LogP contribution in [0.2, 0.25) is 0 Å². The van der Waals surface area contributed by atoms with Gasteiger partial charge in [0.15, 0.2) is 0 Å². The maximum Gasteiger partial charge on any atom is 0.419 e. The van der Waals surface area contributed by atoms with Crippen molar-refractivity contribution in [3.05, 3.63) is 59.4 Å². The molecule has 3 nitrogen and oxygen atoms in total. The second-order valence-corrected chi connectivity index (χ2v) is 4.27. The van der Waals surface area contributed by atoms with Gasteiger partial charge in [-0.25, -0.2) is 4.39 Å². The molecule has 21 heavy (non-hydrogen) atoms. The third kappa shape index (κ3) is 3.50. The quantitative estimate of drug-likeness (QED) is 0.656. The van der Waals surface area contributed by atoms with Crippen molar-refractivity contribution in [1.29, 1.82) is 0 Å². The van der Waals surface area contributed by atoms with Crippen molar-refractivity contribution in [2.24, 2.45) is 0 Å². The number of alkyl halides is 3. The van der Waals surface area contributed by atoms with Gasteiger partial charge in [-0.05, 0) is 42.5 Å². The van der Waals surface area contributed by atoms with Crippen molar-refractivity contribution in [2.75, 3.05) is 11.1 Å². The molecule has 0 spiro atoms. The van der Waals surface area contributed by atoms with Gasteiger partial charge in [0.1, 0.15) is 5.82 Å². The van der Waals surface area contributed by atoms with E-state index >= 15 is 0 Å². The van der Waals surface area contributed by atoms with Crippen molar-refractivity contribution >= 4 is 17.3 Å². The van der Waals surface area contributed by atoms with E-state index in [0.717, 1.165) is 6.07 Å². The van der Waals surface area contributed by atoms with E-state index in [0.29, 0.717) is 23.5 Å². The van der Waals surface area contributed by atoms with Crippen molar-refractivity contribution in [2.45, 2.75) is 6.18 Å². The molecule has 0 saturated carbocycles. The molecule has 3 N–H and O–H groups in total. The average Bonchev–Trinajstić information content (AvgIpc) is 2.40. The summed E-state index contributed by atoms with van der Waals surface area (Å²) < 4.78 is 50.9. The maximum atomic E-state index is 13.1. The highest BCUT2D eigenvalue weighted by Crippen LogP contribution is 2.32. The van der Waals surface area contributed by atoms with Crippen molar-refractivity contribution in [1.82, 2.24) is 0 Å². The molecular weight excluding hydrogens is 288 g/mol. The molecule has 0 aliphatic rings. The number of halogens is 4. The summed E-state index contributed by atoms with van der Waals surface area (Å²) in [7, 11) is 0. The number of hydrogen-bond acceptors (Lipinski definition) is 2. The third-order valence-electron chi connectivity index (χ3n) is 2.70. The lowest BCUT2D eigenvalue weighted by atomic mass is 10.1. The Morgan fingerprint density at radius 1 is 1.05 bits per heavy atom. The molecule has 0 fully saturated rings. The van der Waals surface area contributed by atoms with Gasteiger partial charge in [-0.2, -0.15) is 13.2 Å². The number of nitrogen functional groups attached to an aromatic ring is 1. The van der Waals surface area contributed by atoms with Gasteiger partial charge in [0.05, 0.1) is 5.56 Å². The summed E-state index contributed by atoms with van der Waals surface area (Å²) in [6.07, 6.45) is -4.86. The Labute approximate surface area is 117 Å². The van der Waals surface area contributed by atoms with Crippen LogP contribution in [0.1, 0.15) is 15.9 Å². The summed E-state index contributed by atoms with van der Waals surface area (Å²) in [4.78, 5) is 11.9. The van der Waals surface area contributed by atoms with Crippen LogP contribution >= 0.6 is 0 Å². The summed E-state index contributed by atoms with van der Waals surface area (Å²) in [5.41, 5.74) is 4.55. The van der Waals surface area contributed by atoms with Crippen LogP contribution in [-0.2, 0) is 6.18 Å². The van der Waals surface area contributed by atoms with E-state index < -0.39 is 23.5 Å². The minimum Gasteiger partial charge on any atom is -0.399 e. The first kappa shape index (κ1) is 14.8. The molecule has 0 heterocycles. The molecule has 0 aliphatic heterocycles. The van der Waals surface area contributed by atoms with E-state index in [1.54, 1.807) is 0 Å². The van der Waals surface area contributed by atoms with E-state index in [1.165, 1.54) is 24.3 Å². The van der Waals surface area contributed by atoms with Crippen molar-refractivity contribution in [3.8, 4) is 0 Å². The molecule has 0 aromatic heterocycles. The van der Waals surface area contributed by atoms with Crippen LogP contribution in [0.3, 0.4) is 0 Å². The Kier molecular flexibility index (Phi) is 3.84. The molecule has 0 atom stereocenters. The van der Waals surface area contributed by atoms with Crippen LogP contribution in [-0.4, -0.2) is 5.91 Å². The average molecular weight is 298 g/mol. The molecule has 2 aromatic rings. The number of nitrogens with two attached hydrogens (primary N) is 1. The standard InChI is InChI=1S/C14H10F4N2O/c15-12-6-1-8(7-11(12)14(16,17)18)13(21)20-10-4-2-9(19)3-5-10/h1-7H,19H2,(H,20,21). The maximum absolute atomic E-state index is 13.1. The molecule has 7 heteroatoms. The number of amides is 1. The van der Waals surface area contributed by atoms with Crippen molar-refractivity contribution in [3.63, 3.8) is 0 Å². The van der Waals surface area contributed by atoms with E-state index in [-0.39, 0.29) is 5.56 Å². The minimum atomic E-state index is -4.86. The van der Waals surface area contributed by atoms with Gasteiger partial charge in [0.2, 0.25) is 0 Å². The van der Waals surface area contributed by atoms with E-state index in [2.05, 4.69) is 5.32 Å². The molecule has 2 rings (SSSR count). The monoisotopic (exact) mass is 298 g/mol. The Balaban J connectivity index is 2.25. The van der Waals surface area contributed by atoms with Crippen LogP contribution in [0.4, 0.5) is 28.9 Å². The zero-order chi connectivity index (χ0) is 15.6. The lowest BCUT2D eigenvalue weighted by molar-refractivity contribution is -0.140. The van der Waals surface area contributed by atoms with Gasteiger partial charge in [-0.1, -0.05) is 0 Å². The summed E-state index contributed by atoms with van der Waals surface area (Å²) >= 11 is 0. The molecule has 0 saturated heterocycles. The fourth-order valence-corrected chi connectivity index (χ4v) is 1.65. The van der Waals surface area contributed by atoms with Crippen LogP contribution in [0, 0.1) is 5.82 Å². The predicted molar refractivity (Wildman–Crippen MR) is 70.2 cm³/mol. The molecule has 0 radical (unpaired) electrons. The summed E-state index contributed by atoms with van der Waals surface area (Å²) in [6.45, 7) is 0. The normalized spacial score (nSPS) is 11.2. The van der Waals surface area contributed by atoms with Gasteiger partial charge in [-0.3, -0.25) is 4.79 Å². The highest BCUT2D eigenvalue weighted by Gasteiger charge is 2.34. The smallest absolute Gasteiger partial charge is 0.399 e. The van der Waals surface area contributed by atoms with Gasteiger partial charge in [0, 0.05) is 16.9 Å². The fourth-order valence-electron chi connectivity index (χ4n) is 1.65. The van der Waals surface area contributed by atoms with Crippen molar-refractivity contribution < 1.29 is 22.4 Å². The van der Waals surface area contributed by atoms with Crippen LogP contribution in [0.25, 0.3) is 0 Å². The van der Waals surface area contributed by atoms with Gasteiger partial charge in [-0.15, -0.1) is 0 Å². The highest BCUT2D eigenvalue weighted by molar-refractivity contribution is 6.04. The molecule has 0 bridgehead atoms. The predicted octanol–water partition coefficient (Wildman–Crippen LogP) is 3.68. The number of nitrogens with one attached hydrogen (secondary N) is 1. The first-order valence-corrected chi connectivity index (χ1v) is 5.81.